The maximum absolute atomic E-state index is 13.1. The molecule has 1 atom stereocenters. The number of amides is 1. The standard InChI is InChI=1S/C16H16F2N2O2/c1-10-7-13(18)5-6-14(10)19-20-16(22)9-15(21)11-3-2-4-12(17)8-11/h2-8,15,19,21H,9H2,1H3,(H,20,22). The molecule has 0 spiro atoms. The van der Waals surface area contributed by atoms with Crippen LogP contribution in [0.4, 0.5) is 14.5 Å². The first-order valence-electron chi connectivity index (χ1n) is 6.70. The molecule has 0 fully saturated rings. The van der Waals surface area contributed by atoms with E-state index in [1.54, 1.807) is 13.0 Å². The average Bonchev–Trinajstić information content (AvgIpc) is 2.46. The first-order valence-corrected chi connectivity index (χ1v) is 6.70. The molecule has 22 heavy (non-hydrogen) atoms. The number of nitrogens with one attached hydrogen (secondary N) is 2. The Morgan fingerprint density at radius 1 is 1.18 bits per heavy atom. The molecule has 0 aliphatic carbocycles. The van der Waals surface area contributed by atoms with E-state index in [4.69, 9.17) is 0 Å². The molecular formula is C16H16F2N2O2. The minimum atomic E-state index is -1.10. The topological polar surface area (TPSA) is 61.4 Å². The molecule has 2 aromatic carbocycles. The summed E-state index contributed by atoms with van der Waals surface area (Å²) in [5, 5.41) is 9.90. The van der Waals surface area contributed by atoms with Gasteiger partial charge in [0.25, 0.3) is 0 Å². The van der Waals surface area contributed by atoms with E-state index in [-0.39, 0.29) is 12.2 Å². The van der Waals surface area contributed by atoms with Gasteiger partial charge in [-0.15, -0.1) is 0 Å². The SMILES string of the molecule is Cc1cc(F)ccc1NNC(=O)CC(O)c1cccc(F)c1. The van der Waals surface area contributed by atoms with Crippen LogP contribution in [0.3, 0.4) is 0 Å². The Bertz CT molecular complexity index is 677. The molecule has 4 nitrogen and oxygen atoms in total. The van der Waals surface area contributed by atoms with Crippen LogP contribution in [-0.4, -0.2) is 11.0 Å². The van der Waals surface area contributed by atoms with Crippen molar-refractivity contribution in [1.29, 1.82) is 0 Å². The molecule has 1 amide bonds. The van der Waals surface area contributed by atoms with Gasteiger partial charge in [-0.2, -0.15) is 0 Å². The highest BCUT2D eigenvalue weighted by molar-refractivity contribution is 5.78. The van der Waals surface area contributed by atoms with E-state index in [0.29, 0.717) is 16.8 Å². The second-order valence-corrected chi connectivity index (χ2v) is 4.91. The Kier molecular flexibility index (Phi) is 5.06. The minimum Gasteiger partial charge on any atom is -0.388 e. The molecule has 0 aliphatic rings. The van der Waals surface area contributed by atoms with Gasteiger partial charge in [0.1, 0.15) is 11.6 Å². The van der Waals surface area contributed by atoms with E-state index in [2.05, 4.69) is 10.9 Å². The lowest BCUT2D eigenvalue weighted by Gasteiger charge is -2.14. The molecule has 0 radical (unpaired) electrons. The number of carbonyl (C=O) groups is 1. The van der Waals surface area contributed by atoms with E-state index in [9.17, 15) is 18.7 Å². The van der Waals surface area contributed by atoms with Gasteiger partial charge in [-0.25, -0.2) is 8.78 Å². The summed E-state index contributed by atoms with van der Waals surface area (Å²) in [6.07, 6.45) is -1.33. The van der Waals surface area contributed by atoms with E-state index < -0.39 is 17.8 Å². The maximum Gasteiger partial charge on any atom is 0.241 e. The van der Waals surface area contributed by atoms with Gasteiger partial charge >= 0.3 is 0 Å². The molecular weight excluding hydrogens is 290 g/mol. The lowest BCUT2D eigenvalue weighted by Crippen LogP contribution is -2.30. The van der Waals surface area contributed by atoms with Crippen molar-refractivity contribution in [2.75, 3.05) is 5.43 Å². The highest BCUT2D eigenvalue weighted by Crippen LogP contribution is 2.18. The van der Waals surface area contributed by atoms with Crippen molar-refractivity contribution in [3.8, 4) is 0 Å². The Morgan fingerprint density at radius 2 is 1.91 bits per heavy atom. The Balaban J connectivity index is 1.90. The highest BCUT2D eigenvalue weighted by Gasteiger charge is 2.13. The van der Waals surface area contributed by atoms with Crippen LogP contribution in [0.15, 0.2) is 42.5 Å². The third-order valence-corrected chi connectivity index (χ3v) is 3.14. The van der Waals surface area contributed by atoms with Crippen LogP contribution in [0.1, 0.15) is 23.7 Å². The number of halogens is 2. The average molecular weight is 306 g/mol. The Hall–Kier alpha value is -2.47. The van der Waals surface area contributed by atoms with Gasteiger partial charge in [-0.1, -0.05) is 12.1 Å². The van der Waals surface area contributed by atoms with Crippen molar-refractivity contribution in [3.63, 3.8) is 0 Å². The molecule has 1 unspecified atom stereocenters. The maximum atomic E-state index is 13.1. The highest BCUT2D eigenvalue weighted by atomic mass is 19.1. The molecule has 0 heterocycles. The number of anilines is 1. The summed E-state index contributed by atoms with van der Waals surface area (Å²) in [4.78, 5) is 11.8. The molecule has 3 N–H and O–H groups in total. The van der Waals surface area contributed by atoms with Crippen LogP contribution in [0.5, 0.6) is 0 Å². The van der Waals surface area contributed by atoms with Gasteiger partial charge in [0.05, 0.1) is 18.2 Å². The van der Waals surface area contributed by atoms with Crippen molar-refractivity contribution in [3.05, 3.63) is 65.2 Å². The number of aliphatic hydroxyl groups is 1. The van der Waals surface area contributed by atoms with Crippen LogP contribution in [-0.2, 0) is 4.79 Å². The van der Waals surface area contributed by atoms with E-state index in [1.807, 2.05) is 0 Å². The first-order chi connectivity index (χ1) is 10.5. The zero-order valence-electron chi connectivity index (χ0n) is 11.9. The van der Waals surface area contributed by atoms with Crippen molar-refractivity contribution in [1.82, 2.24) is 5.43 Å². The van der Waals surface area contributed by atoms with Crippen LogP contribution < -0.4 is 10.9 Å². The molecule has 0 aliphatic heterocycles. The molecule has 0 aromatic heterocycles. The van der Waals surface area contributed by atoms with Gasteiger partial charge in [0, 0.05) is 0 Å². The van der Waals surface area contributed by atoms with Crippen LogP contribution >= 0.6 is 0 Å². The number of rotatable bonds is 5. The van der Waals surface area contributed by atoms with Crippen molar-refractivity contribution < 1.29 is 18.7 Å². The fourth-order valence-electron chi connectivity index (χ4n) is 1.96. The third-order valence-electron chi connectivity index (χ3n) is 3.14. The van der Waals surface area contributed by atoms with Gasteiger partial charge in [0.15, 0.2) is 0 Å². The van der Waals surface area contributed by atoms with E-state index >= 15 is 0 Å². The van der Waals surface area contributed by atoms with Gasteiger partial charge in [0.2, 0.25) is 5.91 Å². The van der Waals surface area contributed by atoms with Gasteiger partial charge in [-0.05, 0) is 48.4 Å². The molecule has 2 aromatic rings. The Morgan fingerprint density at radius 3 is 2.59 bits per heavy atom. The number of hydrogen-bond acceptors (Lipinski definition) is 3. The van der Waals surface area contributed by atoms with Gasteiger partial charge in [-0.3, -0.25) is 15.6 Å². The van der Waals surface area contributed by atoms with E-state index in [1.165, 1.54) is 36.4 Å². The van der Waals surface area contributed by atoms with Crippen LogP contribution in [0, 0.1) is 18.6 Å². The smallest absolute Gasteiger partial charge is 0.241 e. The van der Waals surface area contributed by atoms with Crippen molar-refractivity contribution >= 4 is 11.6 Å². The monoisotopic (exact) mass is 306 g/mol. The quantitative estimate of drug-likeness (QED) is 0.744. The predicted octanol–water partition coefficient (Wildman–Crippen LogP) is 2.84. The third kappa shape index (κ3) is 4.26. The molecule has 0 saturated heterocycles. The number of aryl methyl sites for hydroxylation is 1. The molecule has 2 rings (SSSR count). The minimum absolute atomic E-state index is 0.226. The summed E-state index contributed by atoms with van der Waals surface area (Å²) in [6.45, 7) is 1.69. The number of hydrazine groups is 1. The van der Waals surface area contributed by atoms with E-state index in [0.717, 1.165) is 0 Å². The second-order valence-electron chi connectivity index (χ2n) is 4.91. The lowest BCUT2D eigenvalue weighted by molar-refractivity contribution is -0.122. The summed E-state index contributed by atoms with van der Waals surface area (Å²) in [6, 6.07) is 9.53. The zero-order chi connectivity index (χ0) is 16.1. The fourth-order valence-corrected chi connectivity index (χ4v) is 1.96. The first kappa shape index (κ1) is 15.9. The molecule has 0 saturated carbocycles. The summed E-state index contributed by atoms with van der Waals surface area (Å²) >= 11 is 0. The normalized spacial score (nSPS) is 11.8. The zero-order valence-corrected chi connectivity index (χ0v) is 11.9. The van der Waals surface area contributed by atoms with Crippen molar-refractivity contribution in [2.45, 2.75) is 19.4 Å². The Labute approximate surface area is 126 Å². The lowest BCUT2D eigenvalue weighted by atomic mass is 10.1. The largest absolute Gasteiger partial charge is 0.388 e. The fraction of sp³-hybridized carbons (Fsp3) is 0.188. The molecule has 6 heteroatoms. The van der Waals surface area contributed by atoms with Gasteiger partial charge < -0.3 is 5.11 Å². The second kappa shape index (κ2) is 7.00. The summed E-state index contributed by atoms with van der Waals surface area (Å²) < 4.78 is 26.0. The van der Waals surface area contributed by atoms with Crippen molar-refractivity contribution in [2.24, 2.45) is 0 Å². The number of aliphatic hydroxyl groups excluding tert-OH is 1. The molecule has 0 bridgehead atoms. The summed E-state index contributed by atoms with van der Waals surface area (Å²) in [5.41, 5.74) is 6.57. The van der Waals surface area contributed by atoms with Crippen LogP contribution in [0.2, 0.25) is 0 Å². The predicted molar refractivity (Wildman–Crippen MR) is 78.9 cm³/mol. The number of carbonyl (C=O) groups excluding carboxylic acids is 1. The van der Waals surface area contributed by atoms with Crippen LogP contribution in [0.25, 0.3) is 0 Å². The number of benzene rings is 2. The summed E-state index contributed by atoms with van der Waals surface area (Å²) in [7, 11) is 0. The number of hydrogen-bond donors (Lipinski definition) is 3. The molecule has 116 valence electrons. The summed E-state index contributed by atoms with van der Waals surface area (Å²) in [5.74, 6) is -1.31.